The van der Waals surface area contributed by atoms with Gasteiger partial charge in [-0.1, -0.05) is 45.9 Å². The summed E-state index contributed by atoms with van der Waals surface area (Å²) in [6.07, 6.45) is 0. The summed E-state index contributed by atoms with van der Waals surface area (Å²) in [7, 11) is 0. The highest BCUT2D eigenvalue weighted by atomic mass is 14.9. The van der Waals surface area contributed by atoms with Gasteiger partial charge in [-0.05, 0) is 48.9 Å². The van der Waals surface area contributed by atoms with E-state index in [4.69, 9.17) is 0 Å². The zero-order valence-electron chi connectivity index (χ0n) is 12.2. The van der Waals surface area contributed by atoms with E-state index >= 15 is 0 Å². The van der Waals surface area contributed by atoms with Crippen molar-refractivity contribution in [1.82, 2.24) is 5.32 Å². The van der Waals surface area contributed by atoms with Crippen LogP contribution in [0.1, 0.15) is 50.4 Å². The average Bonchev–Trinajstić information content (AvgIpc) is 2.29. The molecule has 1 nitrogen and oxygen atoms in total. The predicted octanol–water partition coefficient (Wildman–Crippen LogP) is 4.25. The van der Waals surface area contributed by atoms with Crippen LogP contribution in [-0.4, -0.2) is 6.54 Å². The van der Waals surface area contributed by atoms with Crippen molar-refractivity contribution in [2.45, 2.75) is 47.6 Å². The molecule has 0 heterocycles. The fourth-order valence-electron chi connectivity index (χ4n) is 2.17. The highest BCUT2D eigenvalue weighted by Gasteiger charge is 2.21. The Hall–Kier alpha value is -0.820. The normalized spacial score (nSPS) is 15.0. The lowest BCUT2D eigenvalue weighted by molar-refractivity contribution is 0.307. The van der Waals surface area contributed by atoms with Crippen molar-refractivity contribution in [2.75, 3.05) is 6.54 Å². The quantitative estimate of drug-likeness (QED) is 0.802. The van der Waals surface area contributed by atoms with E-state index in [0.717, 1.165) is 6.54 Å². The molecule has 0 aromatic heterocycles. The summed E-state index contributed by atoms with van der Waals surface area (Å²) >= 11 is 0. The van der Waals surface area contributed by atoms with E-state index in [1.807, 2.05) is 0 Å². The van der Waals surface area contributed by atoms with Crippen molar-refractivity contribution in [3.63, 3.8) is 0 Å². The molecular formula is C16H27N. The molecule has 1 aromatic rings. The van der Waals surface area contributed by atoms with Crippen molar-refractivity contribution in [3.8, 4) is 0 Å². The van der Waals surface area contributed by atoms with Gasteiger partial charge in [0.1, 0.15) is 0 Å². The van der Waals surface area contributed by atoms with Crippen molar-refractivity contribution in [1.29, 1.82) is 0 Å². The SMILES string of the molecule is CCNC(c1ccc(C)c(C)c1)C(C)C(C)C. The van der Waals surface area contributed by atoms with Gasteiger partial charge in [0.15, 0.2) is 0 Å². The van der Waals surface area contributed by atoms with E-state index in [2.05, 4.69) is 65.1 Å². The molecule has 96 valence electrons. The zero-order chi connectivity index (χ0) is 13.0. The van der Waals surface area contributed by atoms with Gasteiger partial charge in [0.25, 0.3) is 0 Å². The zero-order valence-corrected chi connectivity index (χ0v) is 12.2. The lowest BCUT2D eigenvalue weighted by atomic mass is 9.85. The highest BCUT2D eigenvalue weighted by Crippen LogP contribution is 2.28. The Morgan fingerprint density at radius 3 is 2.18 bits per heavy atom. The van der Waals surface area contributed by atoms with Crippen LogP contribution in [0.5, 0.6) is 0 Å². The molecule has 0 fully saturated rings. The summed E-state index contributed by atoms with van der Waals surface area (Å²) in [5.41, 5.74) is 4.19. The third-order valence-corrected chi connectivity index (χ3v) is 3.89. The van der Waals surface area contributed by atoms with E-state index in [-0.39, 0.29) is 0 Å². The molecule has 0 aliphatic carbocycles. The molecule has 1 rings (SSSR count). The third-order valence-electron chi connectivity index (χ3n) is 3.89. The molecule has 2 unspecified atom stereocenters. The number of rotatable bonds is 5. The Morgan fingerprint density at radius 1 is 1.06 bits per heavy atom. The Bertz CT molecular complexity index is 355. The minimum Gasteiger partial charge on any atom is -0.310 e. The maximum Gasteiger partial charge on any atom is 0.0348 e. The fraction of sp³-hybridized carbons (Fsp3) is 0.625. The Labute approximate surface area is 107 Å². The minimum absolute atomic E-state index is 0.472. The first-order chi connectivity index (χ1) is 7.97. The maximum absolute atomic E-state index is 3.63. The van der Waals surface area contributed by atoms with Gasteiger partial charge in [-0.15, -0.1) is 0 Å². The Balaban J connectivity index is 3.00. The minimum atomic E-state index is 0.472. The van der Waals surface area contributed by atoms with Crippen molar-refractivity contribution < 1.29 is 0 Å². The molecule has 0 saturated carbocycles. The van der Waals surface area contributed by atoms with E-state index in [0.29, 0.717) is 17.9 Å². The Kier molecular flexibility index (Phi) is 5.20. The summed E-state index contributed by atoms with van der Waals surface area (Å²) in [5, 5.41) is 3.63. The van der Waals surface area contributed by atoms with E-state index in [1.54, 1.807) is 0 Å². The first kappa shape index (κ1) is 14.2. The van der Waals surface area contributed by atoms with Gasteiger partial charge in [-0.3, -0.25) is 0 Å². The summed E-state index contributed by atoms with van der Waals surface area (Å²) in [6.45, 7) is 14.5. The predicted molar refractivity (Wildman–Crippen MR) is 76.3 cm³/mol. The van der Waals surface area contributed by atoms with Crippen LogP contribution >= 0.6 is 0 Å². The molecule has 17 heavy (non-hydrogen) atoms. The summed E-state index contributed by atoms with van der Waals surface area (Å²) in [5.74, 6) is 1.35. The molecular weight excluding hydrogens is 206 g/mol. The van der Waals surface area contributed by atoms with E-state index in [1.165, 1.54) is 16.7 Å². The second-order valence-corrected chi connectivity index (χ2v) is 5.48. The van der Waals surface area contributed by atoms with Gasteiger partial charge in [0, 0.05) is 6.04 Å². The molecule has 0 saturated heterocycles. The summed E-state index contributed by atoms with van der Waals surface area (Å²) in [6, 6.07) is 7.32. The lowest BCUT2D eigenvalue weighted by Gasteiger charge is -2.28. The van der Waals surface area contributed by atoms with Gasteiger partial charge >= 0.3 is 0 Å². The molecule has 1 aromatic carbocycles. The average molecular weight is 233 g/mol. The first-order valence-corrected chi connectivity index (χ1v) is 6.77. The van der Waals surface area contributed by atoms with Crippen LogP contribution < -0.4 is 5.32 Å². The van der Waals surface area contributed by atoms with Crippen LogP contribution in [0.2, 0.25) is 0 Å². The van der Waals surface area contributed by atoms with E-state index < -0.39 is 0 Å². The standard InChI is InChI=1S/C16H27N/c1-7-17-16(14(6)11(2)3)15-9-8-12(4)13(5)10-15/h8-11,14,16-17H,7H2,1-6H3. The topological polar surface area (TPSA) is 12.0 Å². The van der Waals surface area contributed by atoms with Crippen LogP contribution in [0, 0.1) is 25.7 Å². The van der Waals surface area contributed by atoms with Crippen LogP contribution in [0.25, 0.3) is 0 Å². The first-order valence-electron chi connectivity index (χ1n) is 6.77. The highest BCUT2D eigenvalue weighted by molar-refractivity contribution is 5.32. The van der Waals surface area contributed by atoms with Crippen LogP contribution in [-0.2, 0) is 0 Å². The van der Waals surface area contributed by atoms with Crippen LogP contribution in [0.3, 0.4) is 0 Å². The molecule has 0 radical (unpaired) electrons. The molecule has 0 amide bonds. The number of hydrogen-bond acceptors (Lipinski definition) is 1. The van der Waals surface area contributed by atoms with Crippen LogP contribution in [0.4, 0.5) is 0 Å². The molecule has 1 heteroatoms. The summed E-state index contributed by atoms with van der Waals surface area (Å²) < 4.78 is 0. The molecule has 0 aliphatic rings. The largest absolute Gasteiger partial charge is 0.310 e. The van der Waals surface area contributed by atoms with Crippen molar-refractivity contribution in [2.24, 2.45) is 11.8 Å². The Morgan fingerprint density at radius 2 is 1.71 bits per heavy atom. The second kappa shape index (κ2) is 6.20. The van der Waals surface area contributed by atoms with Gasteiger partial charge in [-0.25, -0.2) is 0 Å². The monoisotopic (exact) mass is 233 g/mol. The fourth-order valence-corrected chi connectivity index (χ4v) is 2.17. The van der Waals surface area contributed by atoms with E-state index in [9.17, 15) is 0 Å². The summed E-state index contributed by atoms with van der Waals surface area (Å²) in [4.78, 5) is 0. The molecule has 1 N–H and O–H groups in total. The van der Waals surface area contributed by atoms with Gasteiger partial charge < -0.3 is 5.32 Å². The number of hydrogen-bond donors (Lipinski definition) is 1. The van der Waals surface area contributed by atoms with Gasteiger partial charge in [-0.2, -0.15) is 0 Å². The molecule has 0 bridgehead atoms. The van der Waals surface area contributed by atoms with Gasteiger partial charge in [0.2, 0.25) is 0 Å². The smallest absolute Gasteiger partial charge is 0.0348 e. The molecule has 2 atom stereocenters. The third kappa shape index (κ3) is 3.57. The second-order valence-electron chi connectivity index (χ2n) is 5.48. The number of benzene rings is 1. The van der Waals surface area contributed by atoms with Crippen molar-refractivity contribution >= 4 is 0 Å². The molecule has 0 spiro atoms. The lowest BCUT2D eigenvalue weighted by Crippen LogP contribution is -2.29. The maximum atomic E-state index is 3.63. The van der Waals surface area contributed by atoms with Gasteiger partial charge in [0.05, 0.1) is 0 Å². The van der Waals surface area contributed by atoms with Crippen LogP contribution in [0.15, 0.2) is 18.2 Å². The number of nitrogens with one attached hydrogen (secondary N) is 1. The number of aryl methyl sites for hydroxylation is 2. The molecule has 0 aliphatic heterocycles. The van der Waals surface area contributed by atoms with Crippen molar-refractivity contribution in [3.05, 3.63) is 34.9 Å².